The van der Waals surface area contributed by atoms with E-state index in [-0.39, 0.29) is 23.9 Å². The molecule has 0 aliphatic rings. The number of carbonyl (C=O) groups is 1. The van der Waals surface area contributed by atoms with Gasteiger partial charge < -0.3 is 10.6 Å². The fraction of sp³-hybridized carbons (Fsp3) is 0.786. The molecule has 0 spiro atoms. The van der Waals surface area contributed by atoms with Gasteiger partial charge in [0.25, 0.3) is 0 Å². The van der Waals surface area contributed by atoms with Gasteiger partial charge in [0.15, 0.2) is 0 Å². The summed E-state index contributed by atoms with van der Waals surface area (Å²) in [6.45, 7) is 12.4. The summed E-state index contributed by atoms with van der Waals surface area (Å²) < 4.78 is 0. The minimum atomic E-state index is 0.0797. The van der Waals surface area contributed by atoms with Crippen LogP contribution in [-0.2, 0) is 4.79 Å². The molecular weight excluding hydrogens is 212 g/mol. The lowest BCUT2D eigenvalue weighted by molar-refractivity contribution is -0.136. The average Bonchev–Trinajstić information content (AvgIpc) is 2.23. The van der Waals surface area contributed by atoms with Gasteiger partial charge in [-0.3, -0.25) is 4.79 Å². The molecule has 0 aromatic heterocycles. The molecule has 0 fully saturated rings. The first-order chi connectivity index (χ1) is 7.90. The highest BCUT2D eigenvalue weighted by molar-refractivity contribution is 5.78. The topological polar surface area (TPSA) is 46.3 Å². The van der Waals surface area contributed by atoms with Gasteiger partial charge in [-0.25, -0.2) is 0 Å². The molecule has 2 atom stereocenters. The number of nitrogens with zero attached hydrogens (tertiary/aromatic N) is 1. The summed E-state index contributed by atoms with van der Waals surface area (Å²) in [6.07, 6.45) is 4.71. The van der Waals surface area contributed by atoms with Crippen LogP contribution in [0.3, 0.4) is 0 Å². The van der Waals surface area contributed by atoms with Crippen LogP contribution in [0, 0.1) is 5.92 Å². The molecule has 0 saturated heterocycles. The van der Waals surface area contributed by atoms with Crippen molar-refractivity contribution in [1.82, 2.24) is 4.90 Å². The molecule has 0 saturated carbocycles. The van der Waals surface area contributed by atoms with Gasteiger partial charge in [0, 0.05) is 24.5 Å². The van der Waals surface area contributed by atoms with Gasteiger partial charge in [0.1, 0.15) is 0 Å². The first-order valence-corrected chi connectivity index (χ1v) is 6.57. The number of amides is 1. The lowest BCUT2D eigenvalue weighted by atomic mass is 10.00. The van der Waals surface area contributed by atoms with E-state index < -0.39 is 0 Å². The van der Waals surface area contributed by atoms with Crippen molar-refractivity contribution in [1.29, 1.82) is 0 Å². The molecule has 2 N–H and O–H groups in total. The van der Waals surface area contributed by atoms with Crippen LogP contribution in [0.25, 0.3) is 0 Å². The molecule has 0 rings (SSSR count). The molecular formula is C14H28N2O. The van der Waals surface area contributed by atoms with Crippen molar-refractivity contribution in [3.63, 3.8) is 0 Å². The van der Waals surface area contributed by atoms with Crippen molar-refractivity contribution >= 4 is 5.91 Å². The first kappa shape index (κ1) is 16.2. The number of carbonyl (C=O) groups excluding carboxylic acids is 1. The highest BCUT2D eigenvalue weighted by atomic mass is 16.2. The van der Waals surface area contributed by atoms with Gasteiger partial charge >= 0.3 is 0 Å². The van der Waals surface area contributed by atoms with Gasteiger partial charge in [-0.15, -0.1) is 6.58 Å². The van der Waals surface area contributed by atoms with E-state index in [1.54, 1.807) is 6.08 Å². The van der Waals surface area contributed by atoms with Crippen molar-refractivity contribution < 1.29 is 4.79 Å². The Morgan fingerprint density at radius 1 is 1.29 bits per heavy atom. The third kappa shape index (κ3) is 6.47. The minimum absolute atomic E-state index is 0.0797. The third-order valence-corrected chi connectivity index (χ3v) is 2.95. The Morgan fingerprint density at radius 3 is 2.29 bits per heavy atom. The van der Waals surface area contributed by atoms with E-state index in [9.17, 15) is 4.79 Å². The third-order valence-electron chi connectivity index (χ3n) is 2.95. The Labute approximate surface area is 106 Å². The average molecular weight is 240 g/mol. The van der Waals surface area contributed by atoms with Crippen LogP contribution in [0.2, 0.25) is 0 Å². The highest BCUT2D eigenvalue weighted by Gasteiger charge is 2.21. The van der Waals surface area contributed by atoms with Gasteiger partial charge in [-0.05, 0) is 33.6 Å². The van der Waals surface area contributed by atoms with Gasteiger partial charge in [0.2, 0.25) is 5.91 Å². The molecule has 0 radical (unpaired) electrons. The zero-order chi connectivity index (χ0) is 13.4. The monoisotopic (exact) mass is 240 g/mol. The second kappa shape index (κ2) is 8.29. The lowest BCUT2D eigenvalue weighted by Crippen LogP contribution is -2.40. The SMILES string of the molecule is C=CCN(C(=O)C(C)CCCC(C)N)C(C)C. The predicted molar refractivity (Wildman–Crippen MR) is 73.7 cm³/mol. The smallest absolute Gasteiger partial charge is 0.225 e. The molecule has 0 aliphatic carbocycles. The van der Waals surface area contributed by atoms with Crippen LogP contribution >= 0.6 is 0 Å². The van der Waals surface area contributed by atoms with Crippen LogP contribution in [-0.4, -0.2) is 29.4 Å². The molecule has 0 heterocycles. The van der Waals surface area contributed by atoms with Crippen LogP contribution in [0.4, 0.5) is 0 Å². The van der Waals surface area contributed by atoms with Crippen molar-refractivity contribution in [3.05, 3.63) is 12.7 Å². The Morgan fingerprint density at radius 2 is 1.88 bits per heavy atom. The molecule has 3 heteroatoms. The summed E-state index contributed by atoms with van der Waals surface area (Å²) in [5.41, 5.74) is 5.70. The number of nitrogens with two attached hydrogens (primary N) is 1. The van der Waals surface area contributed by atoms with Gasteiger partial charge in [-0.1, -0.05) is 19.4 Å². The fourth-order valence-corrected chi connectivity index (χ4v) is 1.85. The number of rotatable bonds is 8. The van der Waals surface area contributed by atoms with Gasteiger partial charge in [-0.2, -0.15) is 0 Å². The van der Waals surface area contributed by atoms with Crippen LogP contribution < -0.4 is 5.73 Å². The van der Waals surface area contributed by atoms with E-state index in [4.69, 9.17) is 5.73 Å². The normalized spacial score (nSPS) is 14.5. The Bertz CT molecular complexity index is 236. The quantitative estimate of drug-likeness (QED) is 0.663. The van der Waals surface area contributed by atoms with Crippen LogP contribution in [0.5, 0.6) is 0 Å². The minimum Gasteiger partial charge on any atom is -0.336 e. The Kier molecular flexibility index (Phi) is 7.88. The highest BCUT2D eigenvalue weighted by Crippen LogP contribution is 2.14. The second-order valence-corrected chi connectivity index (χ2v) is 5.18. The summed E-state index contributed by atoms with van der Waals surface area (Å²) in [6, 6.07) is 0.461. The maximum atomic E-state index is 12.2. The van der Waals surface area contributed by atoms with Crippen molar-refractivity contribution in [2.75, 3.05) is 6.54 Å². The second-order valence-electron chi connectivity index (χ2n) is 5.18. The summed E-state index contributed by atoms with van der Waals surface area (Å²) in [5.74, 6) is 0.306. The van der Waals surface area contributed by atoms with E-state index in [2.05, 4.69) is 6.58 Å². The fourth-order valence-electron chi connectivity index (χ4n) is 1.85. The van der Waals surface area contributed by atoms with Gasteiger partial charge in [0.05, 0.1) is 0 Å². The van der Waals surface area contributed by atoms with Crippen LogP contribution in [0.15, 0.2) is 12.7 Å². The van der Waals surface area contributed by atoms with E-state index in [1.807, 2.05) is 32.6 Å². The molecule has 0 aromatic carbocycles. The molecule has 2 unspecified atom stereocenters. The van der Waals surface area contributed by atoms with Crippen molar-refractivity contribution in [3.8, 4) is 0 Å². The Hall–Kier alpha value is -0.830. The maximum Gasteiger partial charge on any atom is 0.225 e. The van der Waals surface area contributed by atoms with E-state index in [1.165, 1.54) is 0 Å². The zero-order valence-electron chi connectivity index (χ0n) is 11.8. The number of hydrogen-bond donors (Lipinski definition) is 1. The van der Waals surface area contributed by atoms with Crippen molar-refractivity contribution in [2.45, 2.75) is 59.0 Å². The largest absolute Gasteiger partial charge is 0.336 e. The lowest BCUT2D eigenvalue weighted by Gasteiger charge is -2.28. The number of hydrogen-bond acceptors (Lipinski definition) is 2. The van der Waals surface area contributed by atoms with E-state index >= 15 is 0 Å². The summed E-state index contributed by atoms with van der Waals surface area (Å²) in [4.78, 5) is 14.1. The molecule has 100 valence electrons. The first-order valence-electron chi connectivity index (χ1n) is 6.57. The predicted octanol–water partition coefficient (Wildman–Crippen LogP) is 2.56. The summed E-state index contributed by atoms with van der Waals surface area (Å²) in [5, 5.41) is 0. The maximum absolute atomic E-state index is 12.2. The molecule has 17 heavy (non-hydrogen) atoms. The van der Waals surface area contributed by atoms with E-state index in [0.29, 0.717) is 6.54 Å². The van der Waals surface area contributed by atoms with Crippen LogP contribution in [0.1, 0.15) is 47.0 Å². The molecule has 3 nitrogen and oxygen atoms in total. The molecule has 0 bridgehead atoms. The Balaban J connectivity index is 4.20. The standard InChI is InChI=1S/C14H28N2O/c1-6-10-16(11(2)3)14(17)12(4)8-7-9-13(5)15/h6,11-13H,1,7-10,15H2,2-5H3. The van der Waals surface area contributed by atoms with E-state index in [0.717, 1.165) is 19.3 Å². The zero-order valence-corrected chi connectivity index (χ0v) is 11.8. The van der Waals surface area contributed by atoms with Crippen molar-refractivity contribution in [2.24, 2.45) is 11.7 Å². The molecule has 1 amide bonds. The summed E-state index contributed by atoms with van der Waals surface area (Å²) in [7, 11) is 0. The molecule has 0 aromatic rings. The molecule has 0 aliphatic heterocycles. The summed E-state index contributed by atoms with van der Waals surface area (Å²) >= 11 is 0.